The fourth-order valence-electron chi connectivity index (χ4n) is 3.70. The van der Waals surface area contributed by atoms with E-state index in [9.17, 15) is 14.4 Å². The van der Waals surface area contributed by atoms with E-state index in [-0.39, 0.29) is 35.7 Å². The van der Waals surface area contributed by atoms with Crippen molar-refractivity contribution in [1.29, 1.82) is 0 Å². The fraction of sp³-hybridized carbons (Fsp3) is 0.526. The summed E-state index contributed by atoms with van der Waals surface area (Å²) in [5.74, 6) is -0.811. The van der Waals surface area contributed by atoms with Gasteiger partial charge in [-0.3, -0.25) is 19.3 Å². The number of imide groups is 1. The second-order valence-corrected chi connectivity index (χ2v) is 7.02. The number of rotatable bonds is 6. The van der Waals surface area contributed by atoms with Crippen molar-refractivity contribution in [2.45, 2.75) is 51.0 Å². The van der Waals surface area contributed by atoms with Gasteiger partial charge in [-0.1, -0.05) is 26.2 Å². The zero-order valence-electron chi connectivity index (χ0n) is 15.0. The van der Waals surface area contributed by atoms with E-state index in [1.165, 1.54) is 11.0 Å². The van der Waals surface area contributed by atoms with Gasteiger partial charge in [0.05, 0.1) is 16.7 Å². The van der Waals surface area contributed by atoms with Crippen LogP contribution >= 0.6 is 12.4 Å². The molecule has 1 heterocycles. The summed E-state index contributed by atoms with van der Waals surface area (Å²) in [6.07, 6.45) is 5.55. The van der Waals surface area contributed by atoms with Crippen LogP contribution in [0.3, 0.4) is 0 Å². The summed E-state index contributed by atoms with van der Waals surface area (Å²) >= 11 is 0. The van der Waals surface area contributed by atoms with Crippen LogP contribution < -0.4 is 11.1 Å². The average molecular weight is 380 g/mol. The number of hydrogen-bond acceptors (Lipinski definition) is 4. The highest BCUT2D eigenvalue weighted by molar-refractivity contribution is 6.22. The van der Waals surface area contributed by atoms with Crippen molar-refractivity contribution in [3.05, 3.63) is 34.9 Å². The Hall–Kier alpha value is -1.92. The number of nitrogens with one attached hydrogen (secondary N) is 1. The summed E-state index contributed by atoms with van der Waals surface area (Å²) in [4.78, 5) is 38.8. The molecule has 7 heteroatoms. The van der Waals surface area contributed by atoms with Crippen LogP contribution in [0.15, 0.2) is 18.2 Å². The molecule has 0 radical (unpaired) electrons. The molecule has 0 aromatic heterocycles. The lowest BCUT2D eigenvalue weighted by Crippen LogP contribution is -2.51. The van der Waals surface area contributed by atoms with Crippen molar-refractivity contribution in [3.63, 3.8) is 0 Å². The Morgan fingerprint density at radius 3 is 2.46 bits per heavy atom. The number of carbonyl (C=O) groups excluding carboxylic acids is 3. The number of benzene rings is 1. The van der Waals surface area contributed by atoms with Gasteiger partial charge in [-0.25, -0.2) is 0 Å². The summed E-state index contributed by atoms with van der Waals surface area (Å²) < 4.78 is 0. The van der Waals surface area contributed by atoms with Crippen LogP contribution in [0.25, 0.3) is 0 Å². The van der Waals surface area contributed by atoms with Crippen molar-refractivity contribution >= 4 is 30.1 Å². The number of halogens is 1. The Kier molecular flexibility index (Phi) is 6.42. The van der Waals surface area contributed by atoms with E-state index >= 15 is 0 Å². The molecule has 0 atom stereocenters. The summed E-state index contributed by atoms with van der Waals surface area (Å²) in [7, 11) is 0. The van der Waals surface area contributed by atoms with Gasteiger partial charge >= 0.3 is 0 Å². The lowest BCUT2D eigenvalue weighted by molar-refractivity contribution is 0.0652. The highest BCUT2D eigenvalue weighted by Crippen LogP contribution is 2.29. The smallest absolute Gasteiger partial charge is 0.261 e. The predicted molar refractivity (Wildman–Crippen MR) is 102 cm³/mol. The minimum Gasteiger partial charge on any atom is -0.345 e. The summed E-state index contributed by atoms with van der Waals surface area (Å²) in [5, 5.41) is 3.05. The van der Waals surface area contributed by atoms with E-state index in [1.54, 1.807) is 12.1 Å². The third kappa shape index (κ3) is 3.62. The van der Waals surface area contributed by atoms with E-state index in [0.717, 1.165) is 38.5 Å². The van der Waals surface area contributed by atoms with Crippen LogP contribution in [0.1, 0.15) is 76.5 Å². The maximum Gasteiger partial charge on any atom is 0.261 e. The Morgan fingerprint density at radius 2 is 1.85 bits per heavy atom. The third-order valence-corrected chi connectivity index (χ3v) is 5.30. The Morgan fingerprint density at radius 1 is 1.19 bits per heavy atom. The molecule has 142 valence electrons. The largest absolute Gasteiger partial charge is 0.345 e. The van der Waals surface area contributed by atoms with Gasteiger partial charge in [0.1, 0.15) is 0 Å². The molecule has 0 unspecified atom stereocenters. The van der Waals surface area contributed by atoms with Crippen molar-refractivity contribution in [2.75, 3.05) is 13.1 Å². The van der Waals surface area contributed by atoms with Crippen molar-refractivity contribution in [2.24, 2.45) is 5.73 Å². The number of carbonyl (C=O) groups is 3. The van der Waals surface area contributed by atoms with Crippen LogP contribution in [-0.2, 0) is 0 Å². The van der Waals surface area contributed by atoms with Gasteiger partial charge in [0.2, 0.25) is 0 Å². The second-order valence-electron chi connectivity index (χ2n) is 7.02. The monoisotopic (exact) mass is 379 g/mol. The summed E-state index contributed by atoms with van der Waals surface area (Å²) in [6, 6.07) is 4.73. The first-order chi connectivity index (χ1) is 12.0. The molecular weight excluding hydrogens is 354 g/mol. The van der Waals surface area contributed by atoms with Crippen molar-refractivity contribution < 1.29 is 14.4 Å². The molecule has 3 amide bonds. The first-order valence-corrected chi connectivity index (χ1v) is 9.04. The van der Waals surface area contributed by atoms with E-state index in [1.807, 2.05) is 6.92 Å². The number of fused-ring (bicyclic) bond motifs is 1. The molecule has 3 N–H and O–H groups in total. The topological polar surface area (TPSA) is 92.5 Å². The van der Waals surface area contributed by atoms with Crippen LogP contribution in [-0.4, -0.2) is 41.2 Å². The maximum absolute atomic E-state index is 12.6. The lowest BCUT2D eigenvalue weighted by atomic mass is 9.96. The summed E-state index contributed by atoms with van der Waals surface area (Å²) in [5.41, 5.74) is 6.63. The molecule has 6 nitrogen and oxygen atoms in total. The molecule has 0 spiro atoms. The van der Waals surface area contributed by atoms with Gasteiger partial charge in [-0.05, 0) is 37.5 Å². The first kappa shape index (κ1) is 20.4. The number of hydrogen-bond donors (Lipinski definition) is 2. The molecule has 0 bridgehead atoms. The van der Waals surface area contributed by atoms with E-state index in [0.29, 0.717) is 29.8 Å². The molecule has 0 saturated heterocycles. The van der Waals surface area contributed by atoms with Crippen LogP contribution in [0.5, 0.6) is 0 Å². The molecule has 26 heavy (non-hydrogen) atoms. The SMILES string of the molecule is CCCCN1C(=O)c2ccc(C(=O)NC3(CN)CCCC3)cc2C1=O.Cl. The second kappa shape index (κ2) is 8.18. The Balaban J connectivity index is 0.00000243. The van der Waals surface area contributed by atoms with Crippen LogP contribution in [0.2, 0.25) is 0 Å². The zero-order valence-corrected chi connectivity index (χ0v) is 15.9. The van der Waals surface area contributed by atoms with Crippen molar-refractivity contribution in [1.82, 2.24) is 10.2 Å². The van der Waals surface area contributed by atoms with Gasteiger partial charge < -0.3 is 11.1 Å². The molecule has 1 aliphatic carbocycles. The predicted octanol–water partition coefficient (Wildman–Crippen LogP) is 2.51. The molecule has 3 rings (SSSR count). The molecule has 1 aromatic carbocycles. The van der Waals surface area contributed by atoms with Crippen LogP contribution in [0, 0.1) is 0 Å². The van der Waals surface area contributed by atoms with Gasteiger partial charge in [-0.2, -0.15) is 0 Å². The van der Waals surface area contributed by atoms with Gasteiger partial charge in [0, 0.05) is 18.7 Å². The maximum atomic E-state index is 12.6. The minimum absolute atomic E-state index is 0. The normalized spacial score (nSPS) is 17.8. The number of nitrogens with zero attached hydrogens (tertiary/aromatic N) is 1. The number of unbranched alkanes of at least 4 members (excludes halogenated alkanes) is 1. The van der Waals surface area contributed by atoms with E-state index < -0.39 is 0 Å². The standard InChI is InChI=1S/C19H25N3O3.ClH/c1-2-3-10-22-17(24)14-7-6-13(11-15(14)18(22)25)16(23)21-19(12-20)8-4-5-9-19;/h6-7,11H,2-5,8-10,12,20H2,1H3,(H,21,23);1H. The molecule has 2 aliphatic rings. The Bertz CT molecular complexity index is 714. The highest BCUT2D eigenvalue weighted by atomic mass is 35.5. The molecule has 1 aliphatic heterocycles. The van der Waals surface area contributed by atoms with Gasteiger partial charge in [0.15, 0.2) is 0 Å². The fourth-order valence-corrected chi connectivity index (χ4v) is 3.70. The van der Waals surface area contributed by atoms with Crippen molar-refractivity contribution in [3.8, 4) is 0 Å². The van der Waals surface area contributed by atoms with Gasteiger partial charge in [-0.15, -0.1) is 12.4 Å². The quantitative estimate of drug-likeness (QED) is 0.743. The minimum atomic E-state index is -0.344. The number of amides is 3. The number of nitrogens with two attached hydrogens (primary N) is 1. The lowest BCUT2D eigenvalue weighted by Gasteiger charge is -2.28. The van der Waals surface area contributed by atoms with E-state index in [2.05, 4.69) is 5.32 Å². The summed E-state index contributed by atoms with van der Waals surface area (Å²) in [6.45, 7) is 2.84. The van der Waals surface area contributed by atoms with Gasteiger partial charge in [0.25, 0.3) is 17.7 Å². The molecule has 1 fully saturated rings. The van der Waals surface area contributed by atoms with Crippen LogP contribution in [0.4, 0.5) is 0 Å². The third-order valence-electron chi connectivity index (χ3n) is 5.30. The Labute approximate surface area is 159 Å². The molecular formula is C19H26ClN3O3. The average Bonchev–Trinajstić information content (AvgIpc) is 3.18. The van der Waals surface area contributed by atoms with E-state index in [4.69, 9.17) is 5.73 Å². The zero-order chi connectivity index (χ0) is 18.0. The highest BCUT2D eigenvalue weighted by Gasteiger charge is 2.37. The molecule has 1 aromatic rings. The molecule has 1 saturated carbocycles. The first-order valence-electron chi connectivity index (χ1n) is 9.04.